The summed E-state index contributed by atoms with van der Waals surface area (Å²) >= 11 is 13.2. The maximum atomic E-state index is 12.8. The molecule has 1 fully saturated rings. The molecule has 1 atom stereocenters. The van der Waals surface area contributed by atoms with Crippen molar-refractivity contribution in [2.24, 2.45) is 5.73 Å². The Kier molecular flexibility index (Phi) is 6.79. The lowest BCUT2D eigenvalue weighted by molar-refractivity contribution is 0.0690. The largest absolute Gasteiger partial charge is 0.479 e. The number of rotatable bonds is 4. The fourth-order valence-electron chi connectivity index (χ4n) is 3.48. The summed E-state index contributed by atoms with van der Waals surface area (Å²) in [4.78, 5) is 37.9. The van der Waals surface area contributed by atoms with Crippen molar-refractivity contribution in [2.75, 3.05) is 38.2 Å². The van der Waals surface area contributed by atoms with Gasteiger partial charge in [-0.3, -0.25) is 4.90 Å². The second-order valence-corrected chi connectivity index (χ2v) is 8.91. The molecule has 170 valence electrons. The first-order chi connectivity index (χ1) is 15.4. The third-order valence-electron chi connectivity index (χ3n) is 5.07. The topological polar surface area (TPSA) is 114 Å². The standard InChI is InChI=1S/C19H20Cl2N6O4S/c1-30-15-14-16(24-10-23-15)32-19(27(14)17(22)28)31-18(29)26-6-4-25(5-7-26)9-11-2-3-12(20)13(21)8-11/h2-3,8,10,19H,4-7,9H2,1H3,(H2,22,28). The molecule has 0 bridgehead atoms. The molecule has 13 heteroatoms. The molecule has 2 N–H and O–H groups in total. The number of hydrogen-bond acceptors (Lipinski definition) is 8. The van der Waals surface area contributed by atoms with E-state index >= 15 is 0 Å². The van der Waals surface area contributed by atoms with Crippen LogP contribution in [0.5, 0.6) is 5.88 Å². The van der Waals surface area contributed by atoms with Gasteiger partial charge in [0.05, 0.1) is 17.2 Å². The lowest BCUT2D eigenvalue weighted by Crippen LogP contribution is -2.50. The number of aromatic nitrogens is 2. The minimum atomic E-state index is -0.991. The number of methoxy groups -OCH3 is 1. The number of fused-ring (bicyclic) bond motifs is 1. The Balaban J connectivity index is 1.36. The number of carbonyl (C=O) groups is 2. The number of benzene rings is 1. The van der Waals surface area contributed by atoms with Crippen LogP contribution >= 0.6 is 35.0 Å². The SMILES string of the molecule is COc1ncnc2c1N(C(N)=O)C(OC(=O)N1CCN(Cc3ccc(Cl)c(Cl)c3)CC1)S2. The Labute approximate surface area is 198 Å². The van der Waals surface area contributed by atoms with Crippen LogP contribution in [0, 0.1) is 0 Å². The van der Waals surface area contributed by atoms with E-state index in [2.05, 4.69) is 14.9 Å². The first-order valence-electron chi connectivity index (χ1n) is 9.63. The van der Waals surface area contributed by atoms with Gasteiger partial charge in [0, 0.05) is 32.7 Å². The highest BCUT2D eigenvalue weighted by Gasteiger charge is 2.41. The molecule has 32 heavy (non-hydrogen) atoms. The number of halogens is 2. The summed E-state index contributed by atoms with van der Waals surface area (Å²) < 4.78 is 10.8. The Hall–Kier alpha value is -2.47. The van der Waals surface area contributed by atoms with E-state index in [1.807, 2.05) is 12.1 Å². The van der Waals surface area contributed by atoms with Crippen LogP contribution in [0.2, 0.25) is 10.0 Å². The molecule has 1 unspecified atom stereocenters. The fourth-order valence-corrected chi connectivity index (χ4v) is 4.84. The summed E-state index contributed by atoms with van der Waals surface area (Å²) in [6, 6.07) is 4.75. The molecule has 0 radical (unpaired) electrons. The van der Waals surface area contributed by atoms with Gasteiger partial charge in [-0.2, -0.15) is 4.98 Å². The molecule has 0 saturated carbocycles. The second-order valence-electron chi connectivity index (χ2n) is 7.07. The third kappa shape index (κ3) is 4.65. The zero-order valence-corrected chi connectivity index (χ0v) is 19.4. The summed E-state index contributed by atoms with van der Waals surface area (Å²) in [5.74, 6) is 0.177. The Morgan fingerprint density at radius 2 is 1.94 bits per heavy atom. The van der Waals surface area contributed by atoms with Crippen LogP contribution in [0.1, 0.15) is 5.56 Å². The van der Waals surface area contributed by atoms with Gasteiger partial charge in [0.25, 0.3) is 0 Å². The average Bonchev–Trinajstić information content (AvgIpc) is 3.15. The molecule has 1 saturated heterocycles. The van der Waals surface area contributed by atoms with Crippen molar-refractivity contribution >= 4 is 52.8 Å². The number of nitrogens with zero attached hydrogens (tertiary/aromatic N) is 5. The van der Waals surface area contributed by atoms with Crippen LogP contribution in [0.25, 0.3) is 0 Å². The summed E-state index contributed by atoms with van der Waals surface area (Å²) in [6.07, 6.45) is 0.767. The first-order valence-corrected chi connectivity index (χ1v) is 11.3. The normalized spacial score (nSPS) is 18.4. The number of hydrogen-bond donors (Lipinski definition) is 1. The second kappa shape index (κ2) is 9.57. The molecule has 0 spiro atoms. The van der Waals surface area contributed by atoms with E-state index in [0.717, 1.165) is 22.2 Å². The molecule has 4 rings (SSSR count). The number of anilines is 1. The van der Waals surface area contributed by atoms with Crippen LogP contribution in [0.15, 0.2) is 29.6 Å². The number of nitrogens with two attached hydrogens (primary N) is 1. The van der Waals surface area contributed by atoms with Crippen molar-refractivity contribution in [1.82, 2.24) is 19.8 Å². The van der Waals surface area contributed by atoms with E-state index < -0.39 is 17.7 Å². The van der Waals surface area contributed by atoms with Crippen molar-refractivity contribution in [3.8, 4) is 5.88 Å². The molecule has 2 aromatic rings. The molecular weight excluding hydrogens is 479 g/mol. The smallest absolute Gasteiger partial charge is 0.412 e. The highest BCUT2D eigenvalue weighted by atomic mass is 35.5. The fraction of sp³-hybridized carbons (Fsp3) is 0.368. The van der Waals surface area contributed by atoms with Gasteiger partial charge in [-0.25, -0.2) is 19.5 Å². The van der Waals surface area contributed by atoms with E-state index in [1.165, 1.54) is 13.4 Å². The van der Waals surface area contributed by atoms with Gasteiger partial charge in [-0.1, -0.05) is 29.3 Å². The maximum absolute atomic E-state index is 12.8. The average molecular weight is 499 g/mol. The van der Waals surface area contributed by atoms with Gasteiger partial charge >= 0.3 is 12.1 Å². The number of urea groups is 1. The number of carbonyl (C=O) groups excluding carboxylic acids is 2. The number of primary amides is 1. The lowest BCUT2D eigenvalue weighted by atomic mass is 10.2. The highest BCUT2D eigenvalue weighted by molar-refractivity contribution is 8.00. The van der Waals surface area contributed by atoms with Gasteiger partial charge in [-0.15, -0.1) is 0 Å². The minimum Gasteiger partial charge on any atom is -0.479 e. The maximum Gasteiger partial charge on any atom is 0.412 e. The molecule has 10 nitrogen and oxygen atoms in total. The molecule has 1 aromatic heterocycles. The van der Waals surface area contributed by atoms with Crippen LogP contribution < -0.4 is 15.4 Å². The third-order valence-corrected chi connectivity index (χ3v) is 6.84. The van der Waals surface area contributed by atoms with Crippen molar-refractivity contribution in [3.05, 3.63) is 40.1 Å². The summed E-state index contributed by atoms with van der Waals surface area (Å²) in [6.45, 7) is 2.97. The van der Waals surface area contributed by atoms with Crippen LogP contribution in [0.4, 0.5) is 15.3 Å². The Bertz CT molecular complexity index is 1040. The van der Waals surface area contributed by atoms with Gasteiger partial charge in [0.2, 0.25) is 11.4 Å². The van der Waals surface area contributed by atoms with E-state index in [9.17, 15) is 9.59 Å². The van der Waals surface area contributed by atoms with Gasteiger partial charge in [0.1, 0.15) is 17.0 Å². The highest BCUT2D eigenvalue weighted by Crippen LogP contribution is 2.46. The van der Waals surface area contributed by atoms with Crippen LogP contribution in [0.3, 0.4) is 0 Å². The first kappa shape index (κ1) is 22.7. The monoisotopic (exact) mass is 498 g/mol. The van der Waals surface area contributed by atoms with Crippen molar-refractivity contribution in [2.45, 2.75) is 17.1 Å². The van der Waals surface area contributed by atoms with E-state index in [4.69, 9.17) is 38.4 Å². The van der Waals surface area contributed by atoms with Crippen LogP contribution in [-0.2, 0) is 11.3 Å². The van der Waals surface area contributed by atoms with Gasteiger partial charge in [-0.05, 0) is 29.5 Å². The molecule has 0 aliphatic carbocycles. The molecule has 3 amide bonds. The summed E-state index contributed by atoms with van der Waals surface area (Å²) in [7, 11) is 1.42. The van der Waals surface area contributed by atoms with E-state index in [0.29, 0.717) is 47.8 Å². The number of amides is 3. The van der Waals surface area contributed by atoms with Crippen LogP contribution in [-0.4, -0.2) is 70.7 Å². The molecule has 2 aliphatic heterocycles. The molecule has 3 heterocycles. The molecule has 2 aliphatic rings. The van der Waals surface area contributed by atoms with Crippen molar-refractivity contribution in [3.63, 3.8) is 0 Å². The van der Waals surface area contributed by atoms with E-state index in [-0.39, 0.29) is 11.6 Å². The van der Waals surface area contributed by atoms with Gasteiger partial charge < -0.3 is 20.1 Å². The zero-order chi connectivity index (χ0) is 22.8. The molecule has 1 aromatic carbocycles. The Morgan fingerprint density at radius 3 is 2.59 bits per heavy atom. The quantitative estimate of drug-likeness (QED) is 0.639. The summed E-state index contributed by atoms with van der Waals surface area (Å²) in [5, 5.41) is 1.48. The number of piperazine rings is 1. The molecular formula is C19H20Cl2N6O4S. The lowest BCUT2D eigenvalue weighted by Gasteiger charge is -2.35. The number of thioether (sulfide) groups is 1. The summed E-state index contributed by atoms with van der Waals surface area (Å²) in [5.41, 5.74) is 5.87. The van der Waals surface area contributed by atoms with Crippen molar-refractivity contribution < 1.29 is 19.1 Å². The zero-order valence-electron chi connectivity index (χ0n) is 17.0. The predicted octanol–water partition coefficient (Wildman–Crippen LogP) is 3.02. The van der Waals surface area contributed by atoms with Crippen molar-refractivity contribution in [1.29, 1.82) is 0 Å². The predicted molar refractivity (Wildman–Crippen MR) is 120 cm³/mol. The van der Waals surface area contributed by atoms with Gasteiger partial charge in [0.15, 0.2) is 0 Å². The number of ether oxygens (including phenoxy) is 2. The minimum absolute atomic E-state index is 0.177. The van der Waals surface area contributed by atoms with E-state index in [1.54, 1.807) is 11.0 Å². The Morgan fingerprint density at radius 1 is 1.19 bits per heavy atom.